The van der Waals surface area contributed by atoms with E-state index in [1.165, 1.54) is 12.1 Å². The standard InChI is InChI=1S/C15H8BrClO2.C9H6O2/c16-10-3-6-12-13(8-15(18)19-14(12)7-10)9-1-4-11(17)5-2-9;10-9-6-5-7-3-1-2-4-8(7)11-9/h1-8H;1-6H. The topological polar surface area (TPSA) is 60.4 Å². The van der Waals surface area contributed by atoms with Gasteiger partial charge in [-0.15, -0.1) is 0 Å². The zero-order chi connectivity index (χ0) is 21.1. The van der Waals surface area contributed by atoms with Crippen LogP contribution in [0.1, 0.15) is 0 Å². The third-order valence-corrected chi connectivity index (χ3v) is 5.14. The van der Waals surface area contributed by atoms with Crippen LogP contribution in [0.25, 0.3) is 33.1 Å². The lowest BCUT2D eigenvalue weighted by atomic mass is 10.0. The predicted octanol–water partition coefficient (Wildman–Crippen LogP) is 6.67. The Morgan fingerprint density at radius 1 is 0.700 bits per heavy atom. The van der Waals surface area contributed by atoms with Crippen molar-refractivity contribution in [2.24, 2.45) is 0 Å². The third-order valence-electron chi connectivity index (χ3n) is 4.39. The molecule has 5 rings (SSSR count). The van der Waals surface area contributed by atoms with Crippen molar-refractivity contribution in [2.45, 2.75) is 0 Å². The molecule has 4 nitrogen and oxygen atoms in total. The lowest BCUT2D eigenvalue weighted by Crippen LogP contribution is -1.98. The summed E-state index contributed by atoms with van der Waals surface area (Å²) in [5, 5.41) is 2.51. The van der Waals surface area contributed by atoms with Crippen LogP contribution in [0.4, 0.5) is 0 Å². The molecule has 0 aliphatic heterocycles. The molecule has 0 aliphatic rings. The molecule has 0 N–H and O–H groups in total. The lowest BCUT2D eigenvalue weighted by molar-refractivity contribution is 0.561. The first-order valence-electron chi connectivity index (χ1n) is 8.98. The van der Waals surface area contributed by atoms with E-state index in [0.717, 1.165) is 26.4 Å². The summed E-state index contributed by atoms with van der Waals surface area (Å²) in [5.41, 5.74) is 2.31. The van der Waals surface area contributed by atoms with E-state index in [2.05, 4.69) is 15.9 Å². The van der Waals surface area contributed by atoms with Gasteiger partial charge in [0, 0.05) is 32.4 Å². The highest BCUT2D eigenvalue weighted by molar-refractivity contribution is 9.10. The fourth-order valence-corrected chi connectivity index (χ4v) is 3.48. The molecule has 2 aromatic heterocycles. The van der Waals surface area contributed by atoms with Crippen LogP contribution >= 0.6 is 27.5 Å². The molecule has 0 fully saturated rings. The molecule has 0 saturated carbocycles. The van der Waals surface area contributed by atoms with Gasteiger partial charge in [0.05, 0.1) is 0 Å². The van der Waals surface area contributed by atoms with Crippen molar-refractivity contribution in [3.63, 3.8) is 0 Å². The van der Waals surface area contributed by atoms with Crippen LogP contribution in [0, 0.1) is 0 Å². The Morgan fingerprint density at radius 2 is 1.43 bits per heavy atom. The smallest absolute Gasteiger partial charge is 0.336 e. The second-order valence-electron chi connectivity index (χ2n) is 6.42. The maximum atomic E-state index is 11.6. The number of hydrogen-bond donors (Lipinski definition) is 0. The molecular formula is C24H14BrClO4. The average Bonchev–Trinajstić information content (AvgIpc) is 2.74. The fourth-order valence-electron chi connectivity index (χ4n) is 3.02. The summed E-state index contributed by atoms with van der Waals surface area (Å²) in [4.78, 5) is 22.4. The highest BCUT2D eigenvalue weighted by atomic mass is 79.9. The van der Waals surface area contributed by atoms with Crippen molar-refractivity contribution in [1.29, 1.82) is 0 Å². The first kappa shape index (κ1) is 20.1. The minimum Gasteiger partial charge on any atom is -0.423 e. The fraction of sp³-hybridized carbons (Fsp3) is 0. The molecule has 6 heteroatoms. The summed E-state index contributed by atoms with van der Waals surface area (Å²) in [5.74, 6) is 0. The van der Waals surface area contributed by atoms with E-state index < -0.39 is 0 Å². The van der Waals surface area contributed by atoms with Gasteiger partial charge in [0.15, 0.2) is 0 Å². The first-order valence-corrected chi connectivity index (χ1v) is 10.1. The number of halogens is 2. The molecule has 5 aromatic rings. The van der Waals surface area contributed by atoms with E-state index in [9.17, 15) is 9.59 Å². The van der Waals surface area contributed by atoms with Gasteiger partial charge < -0.3 is 8.83 Å². The third kappa shape index (κ3) is 4.53. The quantitative estimate of drug-likeness (QED) is 0.251. The van der Waals surface area contributed by atoms with Crippen molar-refractivity contribution in [3.05, 3.63) is 115 Å². The summed E-state index contributed by atoms with van der Waals surface area (Å²) in [6.45, 7) is 0. The summed E-state index contributed by atoms with van der Waals surface area (Å²) >= 11 is 9.25. The molecule has 2 heterocycles. The Labute approximate surface area is 184 Å². The van der Waals surface area contributed by atoms with Gasteiger partial charge in [-0.3, -0.25) is 0 Å². The molecule has 0 aliphatic carbocycles. The molecule has 0 amide bonds. The van der Waals surface area contributed by atoms with E-state index in [4.69, 9.17) is 20.4 Å². The van der Waals surface area contributed by atoms with Gasteiger partial charge >= 0.3 is 11.3 Å². The average molecular weight is 482 g/mol. The molecular weight excluding hydrogens is 468 g/mol. The molecule has 0 radical (unpaired) electrons. The van der Waals surface area contributed by atoms with Crippen LogP contribution < -0.4 is 11.3 Å². The van der Waals surface area contributed by atoms with Crippen LogP contribution in [0.15, 0.2) is 108 Å². The summed E-state index contributed by atoms with van der Waals surface area (Å²) in [7, 11) is 0. The Kier molecular flexibility index (Phi) is 5.84. The van der Waals surface area contributed by atoms with Gasteiger partial charge in [0.2, 0.25) is 0 Å². The maximum Gasteiger partial charge on any atom is 0.336 e. The van der Waals surface area contributed by atoms with Crippen LogP contribution in [0.3, 0.4) is 0 Å². The van der Waals surface area contributed by atoms with E-state index in [1.807, 2.05) is 42.5 Å². The number of para-hydroxylation sites is 1. The molecule has 3 aromatic carbocycles. The number of hydrogen-bond acceptors (Lipinski definition) is 4. The summed E-state index contributed by atoms with van der Waals surface area (Å²) < 4.78 is 11.0. The van der Waals surface area contributed by atoms with Crippen LogP contribution in [-0.4, -0.2) is 0 Å². The zero-order valence-electron chi connectivity index (χ0n) is 15.5. The second kappa shape index (κ2) is 8.69. The normalized spacial score (nSPS) is 10.6. The minimum absolute atomic E-state index is 0.302. The highest BCUT2D eigenvalue weighted by Gasteiger charge is 2.08. The summed E-state index contributed by atoms with van der Waals surface area (Å²) in [6.07, 6.45) is 0. The summed E-state index contributed by atoms with van der Waals surface area (Å²) in [6, 6.07) is 25.1. The van der Waals surface area contributed by atoms with Gasteiger partial charge in [-0.1, -0.05) is 57.9 Å². The second-order valence-corrected chi connectivity index (χ2v) is 7.77. The first-order chi connectivity index (χ1) is 14.5. The largest absolute Gasteiger partial charge is 0.423 e. The van der Waals surface area contributed by atoms with Crippen molar-refractivity contribution < 1.29 is 8.83 Å². The zero-order valence-corrected chi connectivity index (χ0v) is 17.8. The highest BCUT2D eigenvalue weighted by Crippen LogP contribution is 2.29. The molecule has 148 valence electrons. The number of rotatable bonds is 1. The number of fused-ring (bicyclic) bond motifs is 2. The SMILES string of the molecule is O=c1cc(-c2ccc(Cl)cc2)c2ccc(Br)cc2o1.O=c1ccc2ccccc2o1. The monoisotopic (exact) mass is 480 g/mol. The Morgan fingerprint density at radius 3 is 2.23 bits per heavy atom. The van der Waals surface area contributed by atoms with Gasteiger partial charge in [-0.05, 0) is 53.6 Å². The molecule has 0 atom stereocenters. The van der Waals surface area contributed by atoms with Crippen molar-refractivity contribution in [1.82, 2.24) is 0 Å². The maximum absolute atomic E-state index is 11.6. The van der Waals surface area contributed by atoms with E-state index in [0.29, 0.717) is 16.2 Å². The molecule has 0 unspecified atom stereocenters. The number of benzene rings is 3. The van der Waals surface area contributed by atoms with Crippen molar-refractivity contribution >= 4 is 49.5 Å². The van der Waals surface area contributed by atoms with E-state index in [1.54, 1.807) is 30.3 Å². The van der Waals surface area contributed by atoms with Crippen LogP contribution in [0.2, 0.25) is 5.02 Å². The van der Waals surface area contributed by atoms with Crippen molar-refractivity contribution in [3.8, 4) is 11.1 Å². The van der Waals surface area contributed by atoms with Gasteiger partial charge in [-0.2, -0.15) is 0 Å². The predicted molar refractivity (Wildman–Crippen MR) is 123 cm³/mol. The van der Waals surface area contributed by atoms with Crippen LogP contribution in [-0.2, 0) is 0 Å². The molecule has 30 heavy (non-hydrogen) atoms. The lowest BCUT2D eigenvalue weighted by Gasteiger charge is -2.06. The Bertz CT molecular complexity index is 1450. The van der Waals surface area contributed by atoms with E-state index >= 15 is 0 Å². The van der Waals surface area contributed by atoms with Gasteiger partial charge in [-0.25, -0.2) is 9.59 Å². The van der Waals surface area contributed by atoms with Gasteiger partial charge in [0.25, 0.3) is 0 Å². The minimum atomic E-state index is -0.365. The Balaban J connectivity index is 0.000000168. The molecule has 0 bridgehead atoms. The van der Waals surface area contributed by atoms with E-state index in [-0.39, 0.29) is 11.3 Å². The van der Waals surface area contributed by atoms with Gasteiger partial charge in [0.1, 0.15) is 11.2 Å². The Hall–Kier alpha value is -3.15. The molecule has 0 spiro atoms. The van der Waals surface area contributed by atoms with Crippen molar-refractivity contribution in [2.75, 3.05) is 0 Å². The molecule has 0 saturated heterocycles. The van der Waals surface area contributed by atoms with Crippen LogP contribution in [0.5, 0.6) is 0 Å².